The van der Waals surface area contributed by atoms with Gasteiger partial charge in [0.2, 0.25) is 0 Å². The van der Waals surface area contributed by atoms with Gasteiger partial charge in [-0.3, -0.25) is 10.1 Å². The second kappa shape index (κ2) is 5.48. The van der Waals surface area contributed by atoms with E-state index < -0.39 is 0 Å². The van der Waals surface area contributed by atoms with Crippen molar-refractivity contribution in [3.63, 3.8) is 0 Å². The summed E-state index contributed by atoms with van der Waals surface area (Å²) in [4.78, 5) is 16.2. The molecular weight excluding hydrogens is 270 g/mol. The predicted molar refractivity (Wildman–Crippen MR) is 74.1 cm³/mol. The van der Waals surface area contributed by atoms with Crippen LogP contribution < -0.4 is 11.1 Å². The first kappa shape index (κ1) is 13.0. The molecule has 0 aliphatic heterocycles. The lowest BCUT2D eigenvalue weighted by molar-refractivity contribution is 0.102. The zero-order valence-electron chi connectivity index (χ0n) is 9.68. The molecule has 1 heterocycles. The first-order valence-electron chi connectivity index (χ1n) is 5.35. The highest BCUT2D eigenvalue weighted by Crippen LogP contribution is 2.21. The van der Waals surface area contributed by atoms with Gasteiger partial charge in [0.1, 0.15) is 0 Å². The Morgan fingerprint density at radius 3 is 2.83 bits per heavy atom. The number of rotatable bonds is 3. The molecule has 1 amide bonds. The van der Waals surface area contributed by atoms with E-state index in [-0.39, 0.29) is 11.9 Å². The molecule has 3 N–H and O–H groups in total. The largest absolute Gasteiger partial charge is 0.323 e. The molecular formula is C12H12ClN3OS. The second-order valence-corrected chi connectivity index (χ2v) is 5.07. The summed E-state index contributed by atoms with van der Waals surface area (Å²) >= 11 is 7.28. The number of carbonyl (C=O) groups excluding carboxylic acids is 1. The number of hydrogen-bond donors (Lipinski definition) is 2. The van der Waals surface area contributed by atoms with E-state index >= 15 is 0 Å². The van der Waals surface area contributed by atoms with E-state index in [0.29, 0.717) is 15.7 Å². The standard InChI is InChI=1S/C12H12ClN3OS/c1-7(14)10-6-18-12(15-10)16-11(17)8-4-2-3-5-9(8)13/h2-7H,14H2,1H3,(H,15,16,17). The van der Waals surface area contributed by atoms with E-state index in [4.69, 9.17) is 17.3 Å². The fourth-order valence-electron chi connectivity index (χ4n) is 1.36. The first-order valence-corrected chi connectivity index (χ1v) is 6.60. The van der Waals surface area contributed by atoms with E-state index in [1.165, 1.54) is 11.3 Å². The van der Waals surface area contributed by atoms with Gasteiger partial charge in [-0.2, -0.15) is 0 Å². The molecule has 0 saturated carbocycles. The average Bonchev–Trinajstić information content (AvgIpc) is 2.78. The smallest absolute Gasteiger partial charge is 0.258 e. The maximum absolute atomic E-state index is 12.0. The lowest BCUT2D eigenvalue weighted by Crippen LogP contribution is -2.12. The number of carbonyl (C=O) groups is 1. The third kappa shape index (κ3) is 2.87. The number of aromatic nitrogens is 1. The Hall–Kier alpha value is -1.43. The van der Waals surface area contributed by atoms with Crippen LogP contribution in [0.5, 0.6) is 0 Å². The van der Waals surface area contributed by atoms with Crippen LogP contribution >= 0.6 is 22.9 Å². The number of thiazole rings is 1. The zero-order valence-corrected chi connectivity index (χ0v) is 11.3. The summed E-state index contributed by atoms with van der Waals surface area (Å²) in [5.74, 6) is -0.272. The number of halogens is 1. The third-order valence-electron chi connectivity index (χ3n) is 2.33. The molecule has 4 nitrogen and oxygen atoms in total. The molecule has 1 aromatic heterocycles. The van der Waals surface area contributed by atoms with Crippen LogP contribution in [0.25, 0.3) is 0 Å². The van der Waals surface area contributed by atoms with Crippen LogP contribution in [-0.2, 0) is 0 Å². The van der Waals surface area contributed by atoms with Crippen molar-refractivity contribution >= 4 is 34.0 Å². The molecule has 18 heavy (non-hydrogen) atoms. The normalized spacial score (nSPS) is 12.2. The molecule has 1 atom stereocenters. The van der Waals surface area contributed by atoms with Crippen LogP contribution in [0.4, 0.5) is 5.13 Å². The fraction of sp³-hybridized carbons (Fsp3) is 0.167. The number of amides is 1. The van der Waals surface area contributed by atoms with E-state index in [1.807, 2.05) is 12.3 Å². The van der Waals surface area contributed by atoms with Crippen LogP contribution in [0, 0.1) is 0 Å². The predicted octanol–water partition coefficient (Wildman–Crippen LogP) is 3.07. The maximum Gasteiger partial charge on any atom is 0.258 e. The van der Waals surface area contributed by atoms with Crippen molar-refractivity contribution in [1.82, 2.24) is 4.98 Å². The average molecular weight is 282 g/mol. The van der Waals surface area contributed by atoms with Crippen molar-refractivity contribution in [2.75, 3.05) is 5.32 Å². The minimum Gasteiger partial charge on any atom is -0.323 e. The van der Waals surface area contributed by atoms with Crippen molar-refractivity contribution < 1.29 is 4.79 Å². The van der Waals surface area contributed by atoms with Crippen molar-refractivity contribution in [2.45, 2.75) is 13.0 Å². The molecule has 2 aromatic rings. The Bertz CT molecular complexity index is 568. The summed E-state index contributed by atoms with van der Waals surface area (Å²) in [6.07, 6.45) is 0. The molecule has 0 saturated heterocycles. The number of hydrogen-bond acceptors (Lipinski definition) is 4. The Morgan fingerprint density at radius 2 is 2.22 bits per heavy atom. The third-order valence-corrected chi connectivity index (χ3v) is 3.43. The Labute approximate surface area is 114 Å². The summed E-state index contributed by atoms with van der Waals surface area (Å²) in [6.45, 7) is 1.84. The lowest BCUT2D eigenvalue weighted by Gasteiger charge is -2.03. The van der Waals surface area contributed by atoms with Gasteiger partial charge in [0, 0.05) is 11.4 Å². The Kier molecular flexibility index (Phi) is 3.96. The molecule has 0 aliphatic carbocycles. The Morgan fingerprint density at radius 1 is 1.50 bits per heavy atom. The van der Waals surface area contributed by atoms with Crippen LogP contribution in [0.1, 0.15) is 29.0 Å². The fourth-order valence-corrected chi connectivity index (χ4v) is 2.39. The Balaban J connectivity index is 2.14. The van der Waals surface area contributed by atoms with Gasteiger partial charge >= 0.3 is 0 Å². The van der Waals surface area contributed by atoms with Gasteiger partial charge in [0.15, 0.2) is 5.13 Å². The molecule has 0 spiro atoms. The van der Waals surface area contributed by atoms with Crippen molar-refractivity contribution in [3.8, 4) is 0 Å². The van der Waals surface area contributed by atoms with E-state index in [0.717, 1.165) is 5.69 Å². The van der Waals surface area contributed by atoms with Crippen molar-refractivity contribution in [1.29, 1.82) is 0 Å². The van der Waals surface area contributed by atoms with Crippen molar-refractivity contribution in [2.24, 2.45) is 5.73 Å². The number of nitrogens with two attached hydrogens (primary N) is 1. The summed E-state index contributed by atoms with van der Waals surface area (Å²) in [7, 11) is 0. The zero-order chi connectivity index (χ0) is 13.1. The molecule has 1 unspecified atom stereocenters. The van der Waals surface area contributed by atoms with E-state index in [1.54, 1.807) is 24.3 Å². The molecule has 0 fully saturated rings. The van der Waals surface area contributed by atoms with Crippen molar-refractivity contribution in [3.05, 3.63) is 45.9 Å². The molecule has 94 valence electrons. The molecule has 1 aromatic carbocycles. The van der Waals surface area contributed by atoms with Gasteiger partial charge < -0.3 is 5.73 Å². The molecule has 6 heteroatoms. The number of nitrogens with one attached hydrogen (secondary N) is 1. The van der Waals surface area contributed by atoms with Gasteiger partial charge in [-0.05, 0) is 19.1 Å². The monoisotopic (exact) mass is 281 g/mol. The summed E-state index contributed by atoms with van der Waals surface area (Å²) < 4.78 is 0. The number of nitrogens with zero attached hydrogens (tertiary/aromatic N) is 1. The first-order chi connectivity index (χ1) is 8.58. The highest BCUT2D eigenvalue weighted by Gasteiger charge is 2.12. The van der Waals surface area contributed by atoms with Gasteiger partial charge in [-0.15, -0.1) is 11.3 Å². The van der Waals surface area contributed by atoms with Crippen LogP contribution in [-0.4, -0.2) is 10.9 Å². The minimum absolute atomic E-state index is 0.146. The van der Waals surface area contributed by atoms with E-state index in [2.05, 4.69) is 10.3 Å². The van der Waals surface area contributed by atoms with Gasteiger partial charge in [-0.25, -0.2) is 4.98 Å². The number of anilines is 1. The van der Waals surface area contributed by atoms with Crippen LogP contribution in [0.3, 0.4) is 0 Å². The summed E-state index contributed by atoms with van der Waals surface area (Å²) in [5, 5.41) is 5.47. The number of benzene rings is 1. The van der Waals surface area contributed by atoms with Crippen LogP contribution in [0.15, 0.2) is 29.6 Å². The lowest BCUT2D eigenvalue weighted by atomic mass is 10.2. The summed E-state index contributed by atoms with van der Waals surface area (Å²) in [5.41, 5.74) is 6.89. The molecule has 2 rings (SSSR count). The molecule has 0 bridgehead atoms. The topological polar surface area (TPSA) is 68.0 Å². The minimum atomic E-state index is -0.272. The highest BCUT2D eigenvalue weighted by molar-refractivity contribution is 7.14. The molecule has 0 aliphatic rings. The van der Waals surface area contributed by atoms with Crippen LogP contribution in [0.2, 0.25) is 5.02 Å². The SMILES string of the molecule is CC(N)c1csc(NC(=O)c2ccccc2Cl)n1. The van der Waals surface area contributed by atoms with Gasteiger partial charge in [0.05, 0.1) is 16.3 Å². The molecule has 0 radical (unpaired) electrons. The van der Waals surface area contributed by atoms with E-state index in [9.17, 15) is 4.79 Å². The van der Waals surface area contributed by atoms with Gasteiger partial charge in [0.25, 0.3) is 5.91 Å². The maximum atomic E-state index is 12.0. The highest BCUT2D eigenvalue weighted by atomic mass is 35.5. The quantitative estimate of drug-likeness (QED) is 0.908. The summed E-state index contributed by atoms with van der Waals surface area (Å²) in [6, 6.07) is 6.73. The second-order valence-electron chi connectivity index (χ2n) is 3.80. The van der Waals surface area contributed by atoms with Gasteiger partial charge in [-0.1, -0.05) is 23.7 Å².